The number of rotatable bonds is 6. The maximum absolute atomic E-state index is 13.3. The van der Waals surface area contributed by atoms with Gasteiger partial charge in [0.15, 0.2) is 5.82 Å². The van der Waals surface area contributed by atoms with Crippen molar-refractivity contribution in [3.63, 3.8) is 0 Å². The van der Waals surface area contributed by atoms with Gasteiger partial charge in [-0.2, -0.15) is 14.9 Å². The smallest absolute Gasteiger partial charge is 0.216 e. The summed E-state index contributed by atoms with van der Waals surface area (Å²) in [5.74, 6) is 1.00. The van der Waals surface area contributed by atoms with E-state index in [9.17, 15) is 4.39 Å². The molecule has 0 spiro atoms. The fraction of sp³-hybridized carbons (Fsp3) is 0.0455. The minimum absolute atomic E-state index is 0.272. The zero-order chi connectivity index (χ0) is 20.9. The summed E-state index contributed by atoms with van der Waals surface area (Å²) in [5.41, 5.74) is 2.52. The normalized spacial score (nSPS) is 11.1. The molecule has 0 radical (unpaired) electrons. The summed E-state index contributed by atoms with van der Waals surface area (Å²) < 4.78 is 21.8. The van der Waals surface area contributed by atoms with E-state index in [4.69, 9.17) is 17.0 Å². The molecule has 4 rings (SSSR count). The van der Waals surface area contributed by atoms with E-state index in [0.29, 0.717) is 16.3 Å². The highest BCUT2D eigenvalue weighted by atomic mass is 79.9. The summed E-state index contributed by atoms with van der Waals surface area (Å²) in [6.45, 7) is 0.272. The van der Waals surface area contributed by atoms with Crippen molar-refractivity contribution in [2.24, 2.45) is 5.10 Å². The molecule has 0 aliphatic carbocycles. The summed E-state index contributed by atoms with van der Waals surface area (Å²) >= 11 is 8.81. The Morgan fingerprint density at radius 1 is 1.10 bits per heavy atom. The highest BCUT2D eigenvalue weighted by Crippen LogP contribution is 2.26. The van der Waals surface area contributed by atoms with Gasteiger partial charge in [-0.3, -0.25) is 0 Å². The first-order chi connectivity index (χ1) is 14.6. The number of aromatic amines is 1. The van der Waals surface area contributed by atoms with Crippen LogP contribution in [-0.4, -0.2) is 21.1 Å². The minimum Gasteiger partial charge on any atom is -0.488 e. The Balaban J connectivity index is 1.51. The number of halogens is 2. The van der Waals surface area contributed by atoms with Crippen LogP contribution in [0.4, 0.5) is 4.39 Å². The predicted molar refractivity (Wildman–Crippen MR) is 121 cm³/mol. The third kappa shape index (κ3) is 4.72. The molecule has 4 aromatic rings. The van der Waals surface area contributed by atoms with Crippen molar-refractivity contribution < 1.29 is 9.13 Å². The molecule has 1 aromatic heterocycles. The molecule has 0 atom stereocenters. The molecular weight excluding hydrogens is 467 g/mol. The molecule has 0 aliphatic heterocycles. The van der Waals surface area contributed by atoms with E-state index in [0.717, 1.165) is 21.2 Å². The van der Waals surface area contributed by atoms with Crippen LogP contribution in [-0.2, 0) is 6.61 Å². The van der Waals surface area contributed by atoms with Gasteiger partial charge in [0.05, 0.1) is 10.7 Å². The van der Waals surface area contributed by atoms with E-state index < -0.39 is 0 Å². The fourth-order valence-corrected chi connectivity index (χ4v) is 3.49. The Morgan fingerprint density at radius 2 is 1.93 bits per heavy atom. The van der Waals surface area contributed by atoms with E-state index in [1.165, 1.54) is 12.1 Å². The number of H-pyrrole nitrogens is 1. The molecule has 0 aliphatic rings. The number of aromatic nitrogens is 3. The molecule has 0 bridgehead atoms. The summed E-state index contributed by atoms with van der Waals surface area (Å²) in [7, 11) is 0. The second kappa shape index (κ2) is 9.15. The molecule has 0 amide bonds. The van der Waals surface area contributed by atoms with E-state index in [1.54, 1.807) is 17.0 Å². The second-order valence-corrected chi connectivity index (χ2v) is 7.62. The van der Waals surface area contributed by atoms with Crippen LogP contribution < -0.4 is 4.74 Å². The molecule has 30 heavy (non-hydrogen) atoms. The number of nitrogens with one attached hydrogen (secondary N) is 1. The molecule has 1 N–H and O–H groups in total. The van der Waals surface area contributed by atoms with Gasteiger partial charge in [0.2, 0.25) is 4.77 Å². The van der Waals surface area contributed by atoms with E-state index in [2.05, 4.69) is 31.2 Å². The molecule has 3 aromatic carbocycles. The van der Waals surface area contributed by atoms with Crippen LogP contribution in [0.15, 0.2) is 82.4 Å². The summed E-state index contributed by atoms with van der Waals surface area (Å²) in [5, 5.41) is 11.5. The van der Waals surface area contributed by atoms with Crippen LogP contribution in [0.1, 0.15) is 11.1 Å². The standard InChI is InChI=1S/C22H16BrFN4OS/c23-19-12-15(9-10-20(19)29-14-16-5-4-8-18(24)11-16)13-25-28-21(26-27-22(28)30)17-6-2-1-3-7-17/h1-13H,14H2,(H,27,30)/b25-13+. The van der Waals surface area contributed by atoms with Crippen LogP contribution in [0.5, 0.6) is 5.75 Å². The number of hydrogen-bond donors (Lipinski definition) is 1. The van der Waals surface area contributed by atoms with E-state index >= 15 is 0 Å². The van der Waals surface area contributed by atoms with Crippen molar-refractivity contribution in [3.05, 3.63) is 99.0 Å². The van der Waals surface area contributed by atoms with Crippen molar-refractivity contribution in [3.8, 4) is 17.1 Å². The number of benzene rings is 3. The average molecular weight is 483 g/mol. The van der Waals surface area contributed by atoms with Gasteiger partial charge >= 0.3 is 0 Å². The van der Waals surface area contributed by atoms with Gasteiger partial charge in [-0.15, -0.1) is 0 Å². The Kier molecular flexibility index (Phi) is 6.15. The van der Waals surface area contributed by atoms with Crippen molar-refractivity contribution in [2.75, 3.05) is 0 Å². The lowest BCUT2D eigenvalue weighted by Gasteiger charge is -2.09. The zero-order valence-corrected chi connectivity index (χ0v) is 18.0. The zero-order valence-electron chi connectivity index (χ0n) is 15.6. The lowest BCUT2D eigenvalue weighted by atomic mass is 10.2. The Hall–Kier alpha value is -3.10. The van der Waals surface area contributed by atoms with Crippen LogP contribution >= 0.6 is 28.1 Å². The first-order valence-corrected chi connectivity index (χ1v) is 10.2. The van der Waals surface area contributed by atoms with Crippen LogP contribution in [0.2, 0.25) is 0 Å². The van der Waals surface area contributed by atoms with Gasteiger partial charge < -0.3 is 4.74 Å². The van der Waals surface area contributed by atoms with Gasteiger partial charge in [-0.05, 0) is 69.6 Å². The topological polar surface area (TPSA) is 55.2 Å². The summed E-state index contributed by atoms with van der Waals surface area (Å²) in [4.78, 5) is 0. The summed E-state index contributed by atoms with van der Waals surface area (Å²) in [6, 6.07) is 21.6. The number of hydrogen-bond acceptors (Lipinski definition) is 4. The molecule has 0 fully saturated rings. The SMILES string of the molecule is Fc1cccc(COc2ccc(/C=N/n3c(-c4ccccc4)n[nH]c3=S)cc2Br)c1. The Bertz CT molecular complexity index is 1250. The van der Waals surface area contributed by atoms with E-state index in [1.807, 2.05) is 54.6 Å². The number of ether oxygens (including phenoxy) is 1. The lowest BCUT2D eigenvalue weighted by molar-refractivity contribution is 0.303. The lowest BCUT2D eigenvalue weighted by Crippen LogP contribution is -1.98. The first kappa shape index (κ1) is 20.2. The monoisotopic (exact) mass is 482 g/mol. The molecule has 0 unspecified atom stereocenters. The molecule has 0 saturated carbocycles. The molecule has 1 heterocycles. The van der Waals surface area contributed by atoms with Crippen LogP contribution in [0.3, 0.4) is 0 Å². The highest BCUT2D eigenvalue weighted by molar-refractivity contribution is 9.10. The third-order valence-corrected chi connectivity index (χ3v) is 5.13. The maximum atomic E-state index is 13.3. The van der Waals surface area contributed by atoms with Gasteiger partial charge in [-0.1, -0.05) is 42.5 Å². The van der Waals surface area contributed by atoms with Crippen molar-refractivity contribution in [1.29, 1.82) is 0 Å². The third-order valence-electron chi connectivity index (χ3n) is 4.24. The quantitative estimate of drug-likeness (QED) is 0.272. The second-order valence-electron chi connectivity index (χ2n) is 6.38. The fourth-order valence-electron chi connectivity index (χ4n) is 2.80. The van der Waals surface area contributed by atoms with Gasteiger partial charge in [0.1, 0.15) is 18.2 Å². The minimum atomic E-state index is -0.283. The highest BCUT2D eigenvalue weighted by Gasteiger charge is 2.08. The van der Waals surface area contributed by atoms with Gasteiger partial charge in [0, 0.05) is 5.56 Å². The van der Waals surface area contributed by atoms with Crippen molar-refractivity contribution in [1.82, 2.24) is 14.9 Å². The van der Waals surface area contributed by atoms with Crippen molar-refractivity contribution in [2.45, 2.75) is 6.61 Å². The molecule has 150 valence electrons. The van der Waals surface area contributed by atoms with E-state index in [-0.39, 0.29) is 12.4 Å². The molecule has 0 saturated heterocycles. The van der Waals surface area contributed by atoms with Crippen molar-refractivity contribution >= 4 is 34.4 Å². The summed E-state index contributed by atoms with van der Waals surface area (Å²) in [6.07, 6.45) is 1.69. The van der Waals surface area contributed by atoms with Gasteiger partial charge in [-0.25, -0.2) is 9.49 Å². The largest absolute Gasteiger partial charge is 0.488 e. The molecular formula is C22H16BrFN4OS. The maximum Gasteiger partial charge on any atom is 0.216 e. The van der Waals surface area contributed by atoms with Crippen LogP contribution in [0.25, 0.3) is 11.4 Å². The van der Waals surface area contributed by atoms with Gasteiger partial charge in [0.25, 0.3) is 0 Å². The molecule has 8 heteroatoms. The molecule has 5 nitrogen and oxygen atoms in total. The Morgan fingerprint density at radius 3 is 2.70 bits per heavy atom. The Labute approximate surface area is 186 Å². The van der Waals surface area contributed by atoms with Crippen LogP contribution in [0, 0.1) is 10.6 Å². The number of nitrogens with zero attached hydrogens (tertiary/aromatic N) is 3. The first-order valence-electron chi connectivity index (χ1n) is 9.04. The average Bonchev–Trinajstić information content (AvgIpc) is 3.12. The predicted octanol–water partition coefficient (Wildman–Crippen LogP) is 5.97.